The highest BCUT2D eigenvalue weighted by Gasteiger charge is 2.25. The van der Waals surface area contributed by atoms with Crippen molar-refractivity contribution in [2.75, 3.05) is 17.2 Å². The van der Waals surface area contributed by atoms with Gasteiger partial charge in [0, 0.05) is 18.7 Å². The molecule has 2 heterocycles. The van der Waals surface area contributed by atoms with Gasteiger partial charge in [-0.15, -0.1) is 0 Å². The lowest BCUT2D eigenvalue weighted by atomic mass is 9.92. The monoisotopic (exact) mass is 211 g/mol. The molecule has 2 unspecified atom stereocenters. The molecule has 1 aliphatic heterocycles. The van der Waals surface area contributed by atoms with Crippen LogP contribution in [0.5, 0.6) is 0 Å². The van der Waals surface area contributed by atoms with Gasteiger partial charge in [-0.05, 0) is 37.2 Å². The van der Waals surface area contributed by atoms with Gasteiger partial charge in [-0.1, -0.05) is 6.92 Å². The Hall–Kier alpha value is -0.770. The Labute approximate surface area is 89.1 Å². The number of hydrogen-bond acceptors (Lipinski definition) is 4. The molecular formula is C10H17N3S. The minimum atomic E-state index is 0.614. The number of anilines is 2. The van der Waals surface area contributed by atoms with E-state index < -0.39 is 0 Å². The zero-order valence-corrected chi connectivity index (χ0v) is 9.55. The van der Waals surface area contributed by atoms with Crippen molar-refractivity contribution in [3.63, 3.8) is 0 Å². The van der Waals surface area contributed by atoms with Crippen LogP contribution in [-0.2, 0) is 0 Å². The summed E-state index contributed by atoms with van der Waals surface area (Å²) in [5, 5.41) is 1.22. The third-order valence-corrected chi connectivity index (χ3v) is 4.01. The molecule has 78 valence electrons. The Kier molecular flexibility index (Phi) is 2.63. The minimum Gasteiger partial charge on any atom is -0.383 e. The highest BCUT2D eigenvalue weighted by molar-refractivity contribution is 7.10. The molecule has 0 bridgehead atoms. The summed E-state index contributed by atoms with van der Waals surface area (Å²) in [5.74, 6) is 1.42. The van der Waals surface area contributed by atoms with Crippen LogP contribution >= 0.6 is 11.5 Å². The van der Waals surface area contributed by atoms with Crippen molar-refractivity contribution in [1.82, 2.24) is 4.37 Å². The van der Waals surface area contributed by atoms with Crippen LogP contribution in [0.3, 0.4) is 0 Å². The lowest BCUT2D eigenvalue weighted by molar-refractivity contribution is 0.365. The molecule has 0 saturated carbocycles. The first-order chi connectivity index (χ1) is 6.68. The van der Waals surface area contributed by atoms with E-state index >= 15 is 0 Å². The average molecular weight is 211 g/mol. The Balaban J connectivity index is 2.17. The van der Waals surface area contributed by atoms with Crippen molar-refractivity contribution in [2.24, 2.45) is 5.92 Å². The summed E-state index contributed by atoms with van der Waals surface area (Å²) in [6.07, 6.45) is 2.62. The first kappa shape index (κ1) is 9.77. The molecule has 1 saturated heterocycles. The predicted molar refractivity (Wildman–Crippen MR) is 61.7 cm³/mol. The average Bonchev–Trinajstić information content (AvgIpc) is 2.57. The van der Waals surface area contributed by atoms with Gasteiger partial charge in [0.05, 0.1) is 0 Å². The van der Waals surface area contributed by atoms with E-state index in [2.05, 4.69) is 23.1 Å². The molecule has 2 atom stereocenters. The lowest BCUT2D eigenvalue weighted by Crippen LogP contribution is -2.42. The van der Waals surface area contributed by atoms with E-state index in [9.17, 15) is 0 Å². The zero-order valence-electron chi connectivity index (χ0n) is 8.73. The van der Waals surface area contributed by atoms with Gasteiger partial charge in [0.1, 0.15) is 10.8 Å². The summed E-state index contributed by atoms with van der Waals surface area (Å²) >= 11 is 1.51. The predicted octanol–water partition coefficient (Wildman–Crippen LogP) is 2.35. The summed E-state index contributed by atoms with van der Waals surface area (Å²) in [6, 6.07) is 2.60. The summed E-state index contributed by atoms with van der Waals surface area (Å²) in [5.41, 5.74) is 5.64. The van der Waals surface area contributed by atoms with Gasteiger partial charge in [-0.25, -0.2) is 0 Å². The van der Waals surface area contributed by atoms with Crippen LogP contribution in [0.2, 0.25) is 0 Å². The van der Waals surface area contributed by atoms with Gasteiger partial charge in [0.25, 0.3) is 0 Å². The van der Waals surface area contributed by atoms with Crippen molar-refractivity contribution < 1.29 is 0 Å². The van der Waals surface area contributed by atoms with Crippen LogP contribution in [0, 0.1) is 5.92 Å². The van der Waals surface area contributed by atoms with Crippen LogP contribution in [0.15, 0.2) is 6.07 Å². The van der Waals surface area contributed by atoms with Gasteiger partial charge in [0.2, 0.25) is 0 Å². The van der Waals surface area contributed by atoms with Crippen molar-refractivity contribution in [2.45, 2.75) is 32.7 Å². The van der Waals surface area contributed by atoms with Crippen LogP contribution in [0.1, 0.15) is 26.7 Å². The van der Waals surface area contributed by atoms with E-state index in [-0.39, 0.29) is 0 Å². The quantitative estimate of drug-likeness (QED) is 0.775. The molecule has 2 rings (SSSR count). The second-order valence-electron chi connectivity index (χ2n) is 4.14. The van der Waals surface area contributed by atoms with Gasteiger partial charge in [0.15, 0.2) is 0 Å². The van der Waals surface area contributed by atoms with Crippen LogP contribution < -0.4 is 10.6 Å². The van der Waals surface area contributed by atoms with Crippen LogP contribution in [-0.4, -0.2) is 17.0 Å². The third-order valence-electron chi connectivity index (χ3n) is 3.17. The van der Waals surface area contributed by atoms with Gasteiger partial charge < -0.3 is 10.6 Å². The number of nitrogens with two attached hydrogens (primary N) is 1. The zero-order chi connectivity index (χ0) is 10.1. The number of nitrogen functional groups attached to an aromatic ring is 1. The number of nitrogens with zero attached hydrogens (tertiary/aromatic N) is 2. The summed E-state index contributed by atoms with van der Waals surface area (Å²) in [4.78, 5) is 2.43. The molecule has 0 spiro atoms. The first-order valence-electron chi connectivity index (χ1n) is 5.17. The molecule has 2 N–H and O–H groups in total. The number of piperidine rings is 1. The van der Waals surface area contributed by atoms with Crippen molar-refractivity contribution in [3.8, 4) is 0 Å². The maximum absolute atomic E-state index is 5.64. The van der Waals surface area contributed by atoms with E-state index in [4.69, 9.17) is 5.73 Å². The summed E-state index contributed by atoms with van der Waals surface area (Å²) in [6.45, 7) is 5.76. The fourth-order valence-electron chi connectivity index (χ4n) is 2.06. The molecule has 1 aromatic heterocycles. The first-order valence-corrected chi connectivity index (χ1v) is 5.94. The standard InChI is InChI=1S/C10H17N3S/c1-7-4-3-5-13(8(7)2)10-6-9(11)12-14-10/h6-8H,3-5H2,1-2H3,(H2,11,12). The van der Waals surface area contributed by atoms with Gasteiger partial charge >= 0.3 is 0 Å². The molecule has 3 nitrogen and oxygen atoms in total. The highest BCUT2D eigenvalue weighted by atomic mass is 32.1. The lowest BCUT2D eigenvalue weighted by Gasteiger charge is -2.38. The molecular weight excluding hydrogens is 194 g/mol. The fraction of sp³-hybridized carbons (Fsp3) is 0.700. The summed E-state index contributed by atoms with van der Waals surface area (Å²) in [7, 11) is 0. The largest absolute Gasteiger partial charge is 0.383 e. The van der Waals surface area contributed by atoms with E-state index in [1.54, 1.807) is 0 Å². The topological polar surface area (TPSA) is 42.1 Å². The second kappa shape index (κ2) is 3.77. The summed E-state index contributed by atoms with van der Waals surface area (Å²) < 4.78 is 4.13. The molecule has 0 aromatic carbocycles. The third kappa shape index (κ3) is 1.71. The molecule has 4 heteroatoms. The molecule has 1 aromatic rings. The molecule has 0 radical (unpaired) electrons. The Morgan fingerprint density at radius 2 is 2.36 bits per heavy atom. The van der Waals surface area contributed by atoms with Crippen LogP contribution in [0.25, 0.3) is 0 Å². The molecule has 0 aliphatic carbocycles. The minimum absolute atomic E-state index is 0.614. The van der Waals surface area contributed by atoms with E-state index in [0.717, 1.165) is 12.5 Å². The van der Waals surface area contributed by atoms with E-state index in [1.807, 2.05) is 6.07 Å². The fourth-order valence-corrected chi connectivity index (χ4v) is 2.85. The van der Waals surface area contributed by atoms with Crippen molar-refractivity contribution in [3.05, 3.63) is 6.07 Å². The molecule has 1 fully saturated rings. The smallest absolute Gasteiger partial charge is 0.139 e. The Bertz CT molecular complexity index is 310. The molecule has 14 heavy (non-hydrogen) atoms. The second-order valence-corrected chi connectivity index (χ2v) is 4.93. The Morgan fingerprint density at radius 3 is 3.00 bits per heavy atom. The number of aromatic nitrogens is 1. The van der Waals surface area contributed by atoms with Crippen molar-refractivity contribution >= 4 is 22.4 Å². The van der Waals surface area contributed by atoms with Crippen LogP contribution in [0.4, 0.5) is 10.8 Å². The maximum Gasteiger partial charge on any atom is 0.139 e. The van der Waals surface area contributed by atoms with Crippen molar-refractivity contribution in [1.29, 1.82) is 0 Å². The van der Waals surface area contributed by atoms with Gasteiger partial charge in [-0.3, -0.25) is 0 Å². The number of hydrogen-bond donors (Lipinski definition) is 1. The maximum atomic E-state index is 5.64. The Morgan fingerprint density at radius 1 is 1.57 bits per heavy atom. The number of rotatable bonds is 1. The molecule has 0 amide bonds. The van der Waals surface area contributed by atoms with E-state index in [1.165, 1.54) is 29.4 Å². The SMILES string of the molecule is CC1CCCN(c2cc(N)ns2)C1C. The van der Waals surface area contributed by atoms with E-state index in [0.29, 0.717) is 11.9 Å². The normalized spacial score (nSPS) is 28.0. The van der Waals surface area contributed by atoms with Gasteiger partial charge in [-0.2, -0.15) is 4.37 Å². The highest BCUT2D eigenvalue weighted by Crippen LogP contribution is 2.31. The molecule has 1 aliphatic rings.